The summed E-state index contributed by atoms with van der Waals surface area (Å²) in [5, 5.41) is 0.593. The van der Waals surface area contributed by atoms with Crippen LogP contribution in [-0.4, -0.2) is 37.2 Å². The molecule has 2 aromatic carbocycles. The third-order valence-corrected chi connectivity index (χ3v) is 8.24. The Labute approximate surface area is 170 Å². The van der Waals surface area contributed by atoms with Crippen molar-refractivity contribution in [3.8, 4) is 5.75 Å². The van der Waals surface area contributed by atoms with E-state index in [1.54, 1.807) is 30.3 Å². The standard InChI is InChI=1S/C21H22ClNO4S/c1-14-12-18-19(15(2)20(14)22)17(24)13-21(27-18)8-10-23(11-9-21)28(25,26)16-6-4-3-5-7-16/h3-7,12H,8-11,13H2,1-2H3. The average Bonchev–Trinajstić information content (AvgIpc) is 2.67. The Kier molecular flexibility index (Phi) is 4.76. The molecule has 0 aliphatic carbocycles. The van der Waals surface area contributed by atoms with Crippen molar-refractivity contribution in [2.24, 2.45) is 0 Å². The van der Waals surface area contributed by atoms with Gasteiger partial charge in [0, 0.05) is 31.0 Å². The summed E-state index contributed by atoms with van der Waals surface area (Å²) in [7, 11) is -3.54. The maximum absolute atomic E-state index is 12.9. The SMILES string of the molecule is Cc1cc2c(c(C)c1Cl)C(=O)CC1(CCN(S(=O)(=O)c3ccccc3)CC1)O2. The first kappa shape index (κ1) is 19.4. The molecule has 28 heavy (non-hydrogen) atoms. The monoisotopic (exact) mass is 419 g/mol. The van der Waals surface area contributed by atoms with Crippen LogP contribution in [0.4, 0.5) is 0 Å². The van der Waals surface area contributed by atoms with Crippen LogP contribution in [0.25, 0.3) is 0 Å². The van der Waals surface area contributed by atoms with E-state index in [2.05, 4.69) is 0 Å². The molecular weight excluding hydrogens is 398 g/mol. The van der Waals surface area contributed by atoms with Crippen LogP contribution in [0.2, 0.25) is 5.02 Å². The number of aryl methyl sites for hydroxylation is 1. The summed E-state index contributed by atoms with van der Waals surface area (Å²) in [6, 6.07) is 10.2. The number of sulfonamides is 1. The van der Waals surface area contributed by atoms with E-state index < -0.39 is 15.6 Å². The van der Waals surface area contributed by atoms with Gasteiger partial charge in [-0.05, 0) is 43.2 Å². The van der Waals surface area contributed by atoms with Gasteiger partial charge in [-0.1, -0.05) is 29.8 Å². The van der Waals surface area contributed by atoms with Crippen molar-refractivity contribution >= 4 is 27.4 Å². The van der Waals surface area contributed by atoms with Gasteiger partial charge in [0.2, 0.25) is 10.0 Å². The third kappa shape index (κ3) is 3.13. The van der Waals surface area contributed by atoms with Crippen molar-refractivity contribution in [3.05, 3.63) is 58.1 Å². The average molecular weight is 420 g/mol. The zero-order valence-corrected chi connectivity index (χ0v) is 17.4. The molecule has 0 unspecified atom stereocenters. The Morgan fingerprint density at radius 2 is 1.75 bits per heavy atom. The number of hydrogen-bond acceptors (Lipinski definition) is 4. The van der Waals surface area contributed by atoms with Gasteiger partial charge in [-0.15, -0.1) is 0 Å². The number of carbonyl (C=O) groups excluding carboxylic acids is 1. The Morgan fingerprint density at radius 3 is 2.39 bits per heavy atom. The second kappa shape index (κ2) is 6.87. The Bertz CT molecular complexity index is 1040. The molecule has 0 atom stereocenters. The molecule has 5 nitrogen and oxygen atoms in total. The van der Waals surface area contributed by atoms with Crippen molar-refractivity contribution in [2.45, 2.75) is 43.6 Å². The lowest BCUT2D eigenvalue weighted by molar-refractivity contribution is 0.00578. The van der Waals surface area contributed by atoms with Crippen LogP contribution in [0.5, 0.6) is 5.75 Å². The molecule has 2 heterocycles. The van der Waals surface area contributed by atoms with E-state index in [9.17, 15) is 13.2 Å². The predicted octanol–water partition coefficient (Wildman–Crippen LogP) is 4.15. The van der Waals surface area contributed by atoms with Gasteiger partial charge in [-0.3, -0.25) is 4.79 Å². The highest BCUT2D eigenvalue weighted by atomic mass is 35.5. The lowest BCUT2D eigenvalue weighted by Crippen LogP contribution is -2.52. The number of hydrogen-bond donors (Lipinski definition) is 0. The first-order chi connectivity index (χ1) is 13.2. The largest absolute Gasteiger partial charge is 0.486 e. The fourth-order valence-electron chi connectivity index (χ4n) is 4.15. The van der Waals surface area contributed by atoms with Crippen LogP contribution < -0.4 is 4.74 Å². The topological polar surface area (TPSA) is 63.7 Å². The Balaban J connectivity index is 1.58. The Morgan fingerprint density at radius 1 is 1.11 bits per heavy atom. The molecule has 7 heteroatoms. The van der Waals surface area contributed by atoms with Crippen molar-refractivity contribution in [2.75, 3.05) is 13.1 Å². The van der Waals surface area contributed by atoms with E-state index in [0.717, 1.165) is 11.1 Å². The summed E-state index contributed by atoms with van der Waals surface area (Å²) in [5.41, 5.74) is 1.52. The predicted molar refractivity (Wildman–Crippen MR) is 108 cm³/mol. The number of fused-ring (bicyclic) bond motifs is 1. The van der Waals surface area contributed by atoms with Gasteiger partial charge in [-0.25, -0.2) is 8.42 Å². The van der Waals surface area contributed by atoms with Gasteiger partial charge in [0.1, 0.15) is 11.4 Å². The molecule has 0 amide bonds. The van der Waals surface area contributed by atoms with Crippen molar-refractivity contribution < 1.29 is 17.9 Å². The molecule has 0 saturated carbocycles. The van der Waals surface area contributed by atoms with Gasteiger partial charge in [0.25, 0.3) is 0 Å². The number of ketones is 1. The van der Waals surface area contributed by atoms with Crippen LogP contribution >= 0.6 is 11.6 Å². The lowest BCUT2D eigenvalue weighted by atomic mass is 9.82. The highest BCUT2D eigenvalue weighted by Gasteiger charge is 2.45. The van der Waals surface area contributed by atoms with E-state index in [4.69, 9.17) is 16.3 Å². The fourth-order valence-corrected chi connectivity index (χ4v) is 5.77. The minimum atomic E-state index is -3.54. The molecule has 0 aromatic heterocycles. The molecule has 2 aromatic rings. The van der Waals surface area contributed by atoms with Crippen LogP contribution in [0.15, 0.2) is 41.3 Å². The van der Waals surface area contributed by atoms with E-state index >= 15 is 0 Å². The van der Waals surface area contributed by atoms with Gasteiger partial charge >= 0.3 is 0 Å². The molecule has 2 aliphatic rings. The molecule has 0 radical (unpaired) electrons. The summed E-state index contributed by atoms with van der Waals surface area (Å²) < 4.78 is 33.5. The molecule has 1 fully saturated rings. The lowest BCUT2D eigenvalue weighted by Gasteiger charge is -2.43. The minimum absolute atomic E-state index is 0.0139. The maximum atomic E-state index is 12.9. The summed E-state index contributed by atoms with van der Waals surface area (Å²) in [4.78, 5) is 13.2. The number of halogens is 1. The van der Waals surface area contributed by atoms with E-state index in [1.807, 2.05) is 19.9 Å². The molecule has 0 bridgehead atoms. The molecular formula is C21H22ClNO4S. The third-order valence-electron chi connectivity index (χ3n) is 5.75. The van der Waals surface area contributed by atoms with Crippen LogP contribution in [0.1, 0.15) is 40.7 Å². The zero-order valence-electron chi connectivity index (χ0n) is 15.9. The fraction of sp³-hybridized carbons (Fsp3) is 0.381. The van der Waals surface area contributed by atoms with Crippen molar-refractivity contribution in [1.29, 1.82) is 0 Å². The molecule has 2 aliphatic heterocycles. The van der Waals surface area contributed by atoms with Crippen LogP contribution in [0, 0.1) is 13.8 Å². The van der Waals surface area contributed by atoms with Crippen LogP contribution in [0.3, 0.4) is 0 Å². The number of benzene rings is 2. The number of nitrogens with zero attached hydrogens (tertiary/aromatic N) is 1. The maximum Gasteiger partial charge on any atom is 0.243 e. The number of rotatable bonds is 2. The highest BCUT2D eigenvalue weighted by Crippen LogP contribution is 2.43. The quantitative estimate of drug-likeness (QED) is 0.733. The second-order valence-electron chi connectivity index (χ2n) is 7.61. The minimum Gasteiger partial charge on any atom is -0.486 e. The van der Waals surface area contributed by atoms with E-state index in [1.165, 1.54) is 4.31 Å². The molecule has 1 saturated heterocycles. The number of ether oxygens (including phenoxy) is 1. The smallest absolute Gasteiger partial charge is 0.243 e. The van der Waals surface area contributed by atoms with E-state index in [-0.39, 0.29) is 17.1 Å². The Hall–Kier alpha value is -1.89. The number of carbonyl (C=O) groups is 1. The van der Waals surface area contributed by atoms with Gasteiger partial charge in [0.15, 0.2) is 5.78 Å². The molecule has 1 spiro atoms. The number of Topliss-reactive ketones (excluding diaryl/α,β-unsaturated/α-hetero) is 1. The van der Waals surface area contributed by atoms with Gasteiger partial charge in [0.05, 0.1) is 16.9 Å². The zero-order chi connectivity index (χ0) is 20.1. The number of piperidine rings is 1. The van der Waals surface area contributed by atoms with Gasteiger partial charge in [-0.2, -0.15) is 4.31 Å². The van der Waals surface area contributed by atoms with E-state index in [0.29, 0.717) is 42.3 Å². The van der Waals surface area contributed by atoms with Crippen molar-refractivity contribution in [3.63, 3.8) is 0 Å². The summed E-state index contributed by atoms with van der Waals surface area (Å²) in [6.45, 7) is 4.37. The first-order valence-electron chi connectivity index (χ1n) is 9.31. The molecule has 4 rings (SSSR count). The summed E-state index contributed by atoms with van der Waals surface area (Å²) in [6.07, 6.45) is 1.20. The normalized spacial score (nSPS) is 19.3. The van der Waals surface area contributed by atoms with Crippen molar-refractivity contribution in [1.82, 2.24) is 4.31 Å². The second-order valence-corrected chi connectivity index (χ2v) is 9.92. The highest BCUT2D eigenvalue weighted by molar-refractivity contribution is 7.89. The first-order valence-corrected chi connectivity index (χ1v) is 11.1. The van der Waals surface area contributed by atoms with Gasteiger partial charge < -0.3 is 4.74 Å². The molecule has 0 N–H and O–H groups in total. The van der Waals surface area contributed by atoms with Crippen LogP contribution in [-0.2, 0) is 10.0 Å². The summed E-state index contributed by atoms with van der Waals surface area (Å²) >= 11 is 6.30. The molecule has 148 valence electrons. The summed E-state index contributed by atoms with van der Waals surface area (Å²) in [5.74, 6) is 0.579.